The second kappa shape index (κ2) is 7.52. The van der Waals surface area contributed by atoms with Gasteiger partial charge in [-0.25, -0.2) is 0 Å². The molecule has 1 aliphatic heterocycles. The van der Waals surface area contributed by atoms with Crippen LogP contribution in [-0.4, -0.2) is 38.7 Å². The zero-order valence-corrected chi connectivity index (χ0v) is 16.5. The van der Waals surface area contributed by atoms with Crippen LogP contribution in [0, 0.1) is 13.8 Å². The van der Waals surface area contributed by atoms with E-state index < -0.39 is 10.0 Å². The summed E-state index contributed by atoms with van der Waals surface area (Å²) in [5.41, 5.74) is 3.12. The fourth-order valence-electron chi connectivity index (χ4n) is 3.12. The molecule has 1 N–H and O–H groups in total. The molecule has 0 aromatic heterocycles. The summed E-state index contributed by atoms with van der Waals surface area (Å²) in [6.07, 6.45) is 1.58. The van der Waals surface area contributed by atoms with E-state index in [0.717, 1.165) is 24.1 Å². The Hall–Kier alpha value is -2.67. The van der Waals surface area contributed by atoms with Crippen LogP contribution in [0.25, 0.3) is 0 Å². The first-order chi connectivity index (χ1) is 12.7. The maximum atomic E-state index is 12.5. The fraction of sp³-hybridized carbons (Fsp3) is 0.300. The minimum absolute atomic E-state index is 0.111. The molecule has 1 heterocycles. The van der Waals surface area contributed by atoms with Gasteiger partial charge in [0.1, 0.15) is 5.84 Å². The lowest BCUT2D eigenvalue weighted by Crippen LogP contribution is -2.20. The van der Waals surface area contributed by atoms with E-state index in [1.165, 1.54) is 12.1 Å². The van der Waals surface area contributed by atoms with Crippen molar-refractivity contribution in [3.63, 3.8) is 0 Å². The van der Waals surface area contributed by atoms with Gasteiger partial charge in [0.2, 0.25) is 0 Å². The second-order valence-corrected chi connectivity index (χ2v) is 8.47. The van der Waals surface area contributed by atoms with Gasteiger partial charge in [0.05, 0.1) is 4.90 Å². The third-order valence-corrected chi connectivity index (χ3v) is 5.77. The van der Waals surface area contributed by atoms with Gasteiger partial charge in [0.25, 0.3) is 15.9 Å². The maximum absolute atomic E-state index is 12.5. The molecule has 0 atom stereocenters. The molecule has 2 aromatic rings. The molecule has 0 radical (unpaired) electrons. The van der Waals surface area contributed by atoms with Crippen LogP contribution in [0.4, 0.5) is 5.69 Å². The normalized spacial score (nSPS) is 16.0. The van der Waals surface area contributed by atoms with Gasteiger partial charge in [0.15, 0.2) is 0 Å². The largest absolute Gasteiger partial charge is 0.362 e. The lowest BCUT2D eigenvalue weighted by Gasteiger charge is -2.11. The highest BCUT2D eigenvalue weighted by Crippen LogP contribution is 2.20. The minimum Gasteiger partial charge on any atom is -0.362 e. The summed E-state index contributed by atoms with van der Waals surface area (Å²) >= 11 is 0. The molecule has 0 spiro atoms. The third-order valence-electron chi connectivity index (χ3n) is 4.45. The number of amides is 1. The SMILES string of the molecule is Cc1cc(C)cc(C(=O)Nc2ccc(S(=O)(=O)/N=C3/CCCN3C)cc2)c1. The number of hydrogen-bond donors (Lipinski definition) is 1. The lowest BCUT2D eigenvalue weighted by molar-refractivity contribution is 0.102. The summed E-state index contributed by atoms with van der Waals surface area (Å²) in [5, 5.41) is 2.79. The van der Waals surface area contributed by atoms with Crippen molar-refractivity contribution >= 4 is 27.5 Å². The number of carbonyl (C=O) groups is 1. The highest BCUT2D eigenvalue weighted by Gasteiger charge is 2.20. The molecular formula is C20H23N3O3S. The number of nitrogens with one attached hydrogen (secondary N) is 1. The molecule has 7 heteroatoms. The van der Waals surface area contributed by atoms with E-state index in [4.69, 9.17) is 0 Å². The monoisotopic (exact) mass is 385 g/mol. The lowest BCUT2D eigenvalue weighted by atomic mass is 10.1. The number of aryl methyl sites for hydroxylation is 2. The van der Waals surface area contributed by atoms with Crippen molar-refractivity contribution in [2.45, 2.75) is 31.6 Å². The van der Waals surface area contributed by atoms with Gasteiger partial charge in [-0.3, -0.25) is 4.79 Å². The van der Waals surface area contributed by atoms with E-state index >= 15 is 0 Å². The first kappa shape index (κ1) is 19.1. The Kier molecular flexibility index (Phi) is 5.32. The molecule has 1 aliphatic rings. The van der Waals surface area contributed by atoms with Gasteiger partial charge < -0.3 is 10.2 Å². The van der Waals surface area contributed by atoms with Gasteiger partial charge in [-0.1, -0.05) is 17.2 Å². The average molecular weight is 385 g/mol. The Bertz CT molecular complexity index is 975. The summed E-state index contributed by atoms with van der Waals surface area (Å²) < 4.78 is 28.9. The molecule has 2 aromatic carbocycles. The van der Waals surface area contributed by atoms with Gasteiger partial charge in [-0.15, -0.1) is 4.40 Å². The summed E-state index contributed by atoms with van der Waals surface area (Å²) in [6, 6.07) is 11.7. The van der Waals surface area contributed by atoms with Crippen LogP contribution in [0.1, 0.15) is 34.3 Å². The van der Waals surface area contributed by atoms with Crippen LogP contribution in [0.15, 0.2) is 51.8 Å². The van der Waals surface area contributed by atoms with Crippen LogP contribution in [0.3, 0.4) is 0 Å². The Morgan fingerprint density at radius 3 is 2.26 bits per heavy atom. The molecule has 1 amide bonds. The molecule has 0 unspecified atom stereocenters. The van der Waals surface area contributed by atoms with Gasteiger partial charge in [-0.2, -0.15) is 8.42 Å². The van der Waals surface area contributed by atoms with Crippen molar-refractivity contribution in [3.8, 4) is 0 Å². The Labute approximate surface area is 160 Å². The molecule has 0 saturated carbocycles. The first-order valence-corrected chi connectivity index (χ1v) is 10.2. The fourth-order valence-corrected chi connectivity index (χ4v) is 4.21. The van der Waals surface area contributed by atoms with E-state index in [2.05, 4.69) is 9.71 Å². The van der Waals surface area contributed by atoms with E-state index in [-0.39, 0.29) is 10.8 Å². The minimum atomic E-state index is -3.75. The topological polar surface area (TPSA) is 78.8 Å². The quantitative estimate of drug-likeness (QED) is 0.875. The van der Waals surface area contributed by atoms with Crippen LogP contribution >= 0.6 is 0 Å². The van der Waals surface area contributed by atoms with Crippen LogP contribution in [0.5, 0.6) is 0 Å². The number of likely N-dealkylation sites (tertiary alicyclic amines) is 1. The molecule has 0 bridgehead atoms. The van der Waals surface area contributed by atoms with Crippen molar-refractivity contribution in [1.29, 1.82) is 0 Å². The molecule has 0 aliphatic carbocycles. The first-order valence-electron chi connectivity index (χ1n) is 8.79. The second-order valence-electron chi connectivity index (χ2n) is 6.86. The zero-order valence-electron chi connectivity index (χ0n) is 15.7. The Morgan fingerprint density at radius 2 is 1.70 bits per heavy atom. The number of amidine groups is 1. The molecule has 142 valence electrons. The Balaban J connectivity index is 1.76. The van der Waals surface area contributed by atoms with E-state index in [1.54, 1.807) is 12.1 Å². The zero-order chi connectivity index (χ0) is 19.6. The van der Waals surface area contributed by atoms with Crippen molar-refractivity contribution in [1.82, 2.24) is 4.90 Å². The van der Waals surface area contributed by atoms with Gasteiger partial charge >= 0.3 is 0 Å². The molecule has 6 nitrogen and oxygen atoms in total. The third kappa shape index (κ3) is 4.54. The van der Waals surface area contributed by atoms with Crippen LogP contribution in [0.2, 0.25) is 0 Å². The van der Waals surface area contributed by atoms with Crippen molar-refractivity contribution in [2.75, 3.05) is 18.9 Å². The summed E-state index contributed by atoms with van der Waals surface area (Å²) in [5.74, 6) is 0.354. The van der Waals surface area contributed by atoms with Gasteiger partial charge in [0, 0.05) is 31.3 Å². The number of rotatable bonds is 4. The Morgan fingerprint density at radius 1 is 1.07 bits per heavy atom. The number of sulfonamides is 1. The standard InChI is InChI=1S/C20H23N3O3S/c1-14-11-15(2)13-16(12-14)20(24)21-17-6-8-18(9-7-17)27(25,26)22-19-5-4-10-23(19)3/h6-9,11-13H,4-5,10H2,1-3H3,(H,21,24)/b22-19-. The number of hydrogen-bond acceptors (Lipinski definition) is 3. The van der Waals surface area contributed by atoms with E-state index in [0.29, 0.717) is 23.5 Å². The summed E-state index contributed by atoms with van der Waals surface area (Å²) in [7, 11) is -1.91. The summed E-state index contributed by atoms with van der Waals surface area (Å²) in [6.45, 7) is 4.69. The molecule has 3 rings (SSSR count). The van der Waals surface area contributed by atoms with Crippen molar-refractivity contribution in [2.24, 2.45) is 4.40 Å². The van der Waals surface area contributed by atoms with Crippen LogP contribution in [-0.2, 0) is 10.0 Å². The van der Waals surface area contributed by atoms with Crippen LogP contribution < -0.4 is 5.32 Å². The number of benzene rings is 2. The summed E-state index contributed by atoms with van der Waals surface area (Å²) in [4.78, 5) is 14.4. The smallest absolute Gasteiger partial charge is 0.283 e. The maximum Gasteiger partial charge on any atom is 0.283 e. The van der Waals surface area contributed by atoms with E-state index in [1.807, 2.05) is 44.0 Å². The van der Waals surface area contributed by atoms with Crippen molar-refractivity contribution in [3.05, 3.63) is 59.2 Å². The number of anilines is 1. The number of carbonyl (C=O) groups excluding carboxylic acids is 1. The molecule has 27 heavy (non-hydrogen) atoms. The predicted molar refractivity (Wildman–Crippen MR) is 107 cm³/mol. The molecular weight excluding hydrogens is 362 g/mol. The average Bonchev–Trinajstić information content (AvgIpc) is 2.98. The molecule has 1 fully saturated rings. The highest BCUT2D eigenvalue weighted by atomic mass is 32.2. The van der Waals surface area contributed by atoms with E-state index in [9.17, 15) is 13.2 Å². The van der Waals surface area contributed by atoms with Crippen molar-refractivity contribution < 1.29 is 13.2 Å². The molecule has 1 saturated heterocycles. The highest BCUT2D eigenvalue weighted by molar-refractivity contribution is 7.90. The number of nitrogens with zero attached hydrogens (tertiary/aromatic N) is 2. The predicted octanol–water partition coefficient (Wildman–Crippen LogP) is 3.37. The van der Waals surface area contributed by atoms with Gasteiger partial charge in [-0.05, 0) is 56.7 Å².